The van der Waals surface area contributed by atoms with E-state index in [2.05, 4.69) is 0 Å². The fraction of sp³-hybridized carbons (Fsp3) is 0.368. The summed E-state index contributed by atoms with van der Waals surface area (Å²) in [6.45, 7) is 9.29. The first-order valence-electron chi connectivity index (χ1n) is 8.24. The summed E-state index contributed by atoms with van der Waals surface area (Å²) in [6.07, 6.45) is 0. The van der Waals surface area contributed by atoms with Gasteiger partial charge in [0.05, 0.1) is 19.8 Å². The molecule has 0 atom stereocenters. The third-order valence-corrected chi connectivity index (χ3v) is 3.65. The van der Waals surface area contributed by atoms with Gasteiger partial charge in [0.2, 0.25) is 0 Å². The first-order valence-corrected chi connectivity index (χ1v) is 8.24. The molecule has 130 valence electrons. The van der Waals surface area contributed by atoms with Crippen molar-refractivity contribution in [1.29, 1.82) is 0 Å². The summed E-state index contributed by atoms with van der Waals surface area (Å²) in [6, 6.07) is 7.69. The molecule has 0 amide bonds. The lowest BCUT2D eigenvalue weighted by Crippen LogP contribution is -2.06. The van der Waals surface area contributed by atoms with Crippen molar-refractivity contribution in [2.45, 2.75) is 27.7 Å². The molecule has 0 saturated carbocycles. The predicted molar refractivity (Wildman–Crippen MR) is 98.9 cm³/mol. The van der Waals surface area contributed by atoms with E-state index in [4.69, 9.17) is 25.7 Å². The Hall–Kier alpha value is -2.56. The zero-order valence-electron chi connectivity index (χ0n) is 14.8. The summed E-state index contributed by atoms with van der Waals surface area (Å²) in [5.74, 6) is 1.75. The maximum Gasteiger partial charge on any atom is 0.188 e. The van der Waals surface area contributed by atoms with Crippen LogP contribution in [0.4, 0.5) is 11.4 Å². The highest BCUT2D eigenvalue weighted by atomic mass is 16.5. The summed E-state index contributed by atoms with van der Waals surface area (Å²) in [5.41, 5.74) is 16.2. The predicted octanol–water partition coefficient (Wildman–Crippen LogP) is 4.02. The lowest BCUT2D eigenvalue weighted by molar-refractivity contribution is 0.286. The van der Waals surface area contributed by atoms with Crippen LogP contribution >= 0.6 is 0 Å². The minimum absolute atomic E-state index is 0.457. The molecule has 0 heterocycles. The van der Waals surface area contributed by atoms with Gasteiger partial charge < -0.3 is 25.7 Å². The van der Waals surface area contributed by atoms with Gasteiger partial charge >= 0.3 is 0 Å². The van der Waals surface area contributed by atoms with Gasteiger partial charge in [0.15, 0.2) is 11.5 Å². The van der Waals surface area contributed by atoms with Crippen LogP contribution in [0.2, 0.25) is 0 Å². The highest BCUT2D eigenvalue weighted by Gasteiger charge is 2.21. The summed E-state index contributed by atoms with van der Waals surface area (Å²) < 4.78 is 17.4. The molecular weight excluding hydrogens is 304 g/mol. The lowest BCUT2D eigenvalue weighted by Gasteiger charge is -2.21. The third kappa shape index (κ3) is 3.50. The molecule has 2 rings (SSSR count). The fourth-order valence-electron chi connectivity index (χ4n) is 2.67. The second-order valence-electron chi connectivity index (χ2n) is 5.37. The molecule has 0 saturated heterocycles. The number of hydrogen-bond acceptors (Lipinski definition) is 5. The summed E-state index contributed by atoms with van der Waals surface area (Å²) >= 11 is 0. The fourth-order valence-corrected chi connectivity index (χ4v) is 2.67. The molecule has 5 heteroatoms. The van der Waals surface area contributed by atoms with Gasteiger partial charge in [-0.25, -0.2) is 0 Å². The van der Waals surface area contributed by atoms with E-state index in [1.807, 2.05) is 52.0 Å². The van der Waals surface area contributed by atoms with Crippen LogP contribution in [0.15, 0.2) is 24.3 Å². The average molecular weight is 330 g/mol. The Morgan fingerprint density at radius 3 is 2.00 bits per heavy atom. The van der Waals surface area contributed by atoms with Crippen molar-refractivity contribution in [3.63, 3.8) is 0 Å². The van der Waals surface area contributed by atoms with E-state index in [9.17, 15) is 0 Å². The topological polar surface area (TPSA) is 79.7 Å². The Bertz CT molecular complexity index is 714. The molecule has 0 aromatic heterocycles. The molecule has 0 radical (unpaired) electrons. The molecule has 0 bridgehead atoms. The highest BCUT2D eigenvalue weighted by molar-refractivity contribution is 5.84. The Morgan fingerprint density at radius 2 is 1.42 bits per heavy atom. The number of anilines is 2. The largest absolute Gasteiger partial charge is 0.492 e. The number of nitrogen functional groups attached to an aromatic ring is 2. The maximum atomic E-state index is 6.25. The standard InChI is InChI=1S/C19H26N2O3/c1-5-22-16-11-15(14-9-8-13(20)10-12(14)4)18(23-6-2)19(17(16)21)24-7-3/h8-11H,5-7,20-21H2,1-4H3. The summed E-state index contributed by atoms with van der Waals surface area (Å²) in [5, 5.41) is 0. The van der Waals surface area contributed by atoms with Crippen LogP contribution in [0.25, 0.3) is 11.1 Å². The van der Waals surface area contributed by atoms with Gasteiger partial charge in [0, 0.05) is 11.3 Å². The Kier molecular flexibility index (Phi) is 5.79. The summed E-state index contributed by atoms with van der Waals surface area (Å²) in [7, 11) is 0. The van der Waals surface area contributed by atoms with E-state index in [-0.39, 0.29) is 0 Å². The van der Waals surface area contributed by atoms with Crippen molar-refractivity contribution in [1.82, 2.24) is 0 Å². The van der Waals surface area contributed by atoms with E-state index in [0.717, 1.165) is 22.4 Å². The molecule has 0 spiro atoms. The zero-order chi connectivity index (χ0) is 17.7. The van der Waals surface area contributed by atoms with E-state index < -0.39 is 0 Å². The minimum atomic E-state index is 0.457. The third-order valence-electron chi connectivity index (χ3n) is 3.65. The molecule has 0 aliphatic rings. The molecule has 2 aromatic carbocycles. The Balaban J connectivity index is 2.75. The van der Waals surface area contributed by atoms with Gasteiger partial charge in [-0.1, -0.05) is 6.07 Å². The first-order chi connectivity index (χ1) is 11.5. The molecule has 0 aliphatic carbocycles. The van der Waals surface area contributed by atoms with Crippen LogP contribution in [-0.4, -0.2) is 19.8 Å². The van der Waals surface area contributed by atoms with Crippen LogP contribution in [0.1, 0.15) is 26.3 Å². The SMILES string of the molecule is CCOc1cc(-c2ccc(N)cc2C)c(OCC)c(OCC)c1N. The molecule has 0 unspecified atom stereocenters. The number of hydrogen-bond donors (Lipinski definition) is 2. The van der Waals surface area contributed by atoms with Crippen molar-refractivity contribution < 1.29 is 14.2 Å². The van der Waals surface area contributed by atoms with E-state index in [1.165, 1.54) is 0 Å². The van der Waals surface area contributed by atoms with Crippen LogP contribution in [0.3, 0.4) is 0 Å². The van der Waals surface area contributed by atoms with Crippen molar-refractivity contribution in [3.05, 3.63) is 29.8 Å². The van der Waals surface area contributed by atoms with Gasteiger partial charge in [-0.15, -0.1) is 0 Å². The molecular formula is C19H26N2O3. The quantitative estimate of drug-likeness (QED) is 0.749. The van der Waals surface area contributed by atoms with Crippen LogP contribution in [0, 0.1) is 6.92 Å². The van der Waals surface area contributed by atoms with Crippen molar-refractivity contribution in [2.24, 2.45) is 0 Å². The first kappa shape index (κ1) is 17.8. The average Bonchev–Trinajstić information content (AvgIpc) is 2.54. The molecule has 2 aromatic rings. The van der Waals surface area contributed by atoms with Crippen molar-refractivity contribution in [2.75, 3.05) is 31.3 Å². The second-order valence-corrected chi connectivity index (χ2v) is 5.37. The smallest absolute Gasteiger partial charge is 0.188 e. The van der Waals surface area contributed by atoms with Gasteiger partial charge in [-0.05, 0) is 57.0 Å². The molecule has 5 nitrogen and oxygen atoms in total. The van der Waals surface area contributed by atoms with Crippen molar-refractivity contribution >= 4 is 11.4 Å². The Morgan fingerprint density at radius 1 is 0.792 bits per heavy atom. The molecule has 0 aliphatic heterocycles. The minimum Gasteiger partial charge on any atom is -0.492 e. The lowest BCUT2D eigenvalue weighted by atomic mass is 9.97. The van der Waals surface area contributed by atoms with Crippen LogP contribution in [0.5, 0.6) is 17.2 Å². The highest BCUT2D eigenvalue weighted by Crippen LogP contribution is 2.48. The van der Waals surface area contributed by atoms with E-state index in [0.29, 0.717) is 42.8 Å². The summed E-state index contributed by atoms with van der Waals surface area (Å²) in [4.78, 5) is 0. The van der Waals surface area contributed by atoms with Gasteiger partial charge in [-0.2, -0.15) is 0 Å². The second kappa shape index (κ2) is 7.81. The number of rotatable bonds is 7. The Labute approximate surface area is 143 Å². The monoisotopic (exact) mass is 330 g/mol. The number of nitrogens with two attached hydrogens (primary N) is 2. The van der Waals surface area contributed by atoms with Crippen molar-refractivity contribution in [3.8, 4) is 28.4 Å². The number of ether oxygens (including phenoxy) is 3. The molecule has 24 heavy (non-hydrogen) atoms. The molecule has 4 N–H and O–H groups in total. The van der Waals surface area contributed by atoms with E-state index in [1.54, 1.807) is 0 Å². The number of aryl methyl sites for hydroxylation is 1. The normalized spacial score (nSPS) is 10.5. The zero-order valence-corrected chi connectivity index (χ0v) is 14.8. The van der Waals surface area contributed by atoms with Gasteiger partial charge in [0.25, 0.3) is 0 Å². The maximum absolute atomic E-state index is 6.25. The van der Waals surface area contributed by atoms with Crippen LogP contribution < -0.4 is 25.7 Å². The van der Waals surface area contributed by atoms with Gasteiger partial charge in [-0.3, -0.25) is 0 Å². The van der Waals surface area contributed by atoms with Gasteiger partial charge in [0.1, 0.15) is 11.4 Å². The number of benzene rings is 2. The van der Waals surface area contributed by atoms with Crippen LogP contribution in [-0.2, 0) is 0 Å². The molecule has 0 fully saturated rings. The van der Waals surface area contributed by atoms with E-state index >= 15 is 0 Å².